The van der Waals surface area contributed by atoms with Crippen LogP contribution in [0.4, 0.5) is 30.5 Å². The molecule has 40 heavy (non-hydrogen) atoms. The molecule has 3 aromatic rings. The number of pyridine rings is 1. The number of hydrogen-bond donors (Lipinski definition) is 1. The van der Waals surface area contributed by atoms with Crippen LogP contribution in [-0.2, 0) is 13.1 Å². The first kappa shape index (κ1) is 26.2. The van der Waals surface area contributed by atoms with Gasteiger partial charge in [0.05, 0.1) is 6.04 Å². The summed E-state index contributed by atoms with van der Waals surface area (Å²) < 4.78 is 48.3. The summed E-state index contributed by atoms with van der Waals surface area (Å²) in [5.41, 5.74) is 2.15. The molecule has 3 aliphatic heterocycles. The van der Waals surface area contributed by atoms with E-state index in [2.05, 4.69) is 29.8 Å². The van der Waals surface area contributed by atoms with E-state index in [0.29, 0.717) is 19.7 Å². The first-order chi connectivity index (χ1) is 19.1. The summed E-state index contributed by atoms with van der Waals surface area (Å²) in [5, 5.41) is 14.3. The third-order valence-electron chi connectivity index (χ3n) is 7.79. The van der Waals surface area contributed by atoms with Crippen LogP contribution in [0.1, 0.15) is 18.4 Å². The van der Waals surface area contributed by atoms with Crippen molar-refractivity contribution >= 4 is 17.3 Å². The molecule has 2 aromatic heterocycles. The van der Waals surface area contributed by atoms with Gasteiger partial charge in [0.1, 0.15) is 24.4 Å². The number of piperidine rings is 1. The van der Waals surface area contributed by atoms with Crippen LogP contribution in [0, 0.1) is 15.5 Å². The summed E-state index contributed by atoms with van der Waals surface area (Å²) in [6, 6.07) is 10.4. The molecular formula is C26H28F3N7O4. The third-order valence-corrected chi connectivity index (χ3v) is 7.79. The van der Waals surface area contributed by atoms with E-state index in [4.69, 9.17) is 4.74 Å². The Kier molecular flexibility index (Phi) is 6.64. The molecule has 1 atom stereocenters. The lowest BCUT2D eigenvalue weighted by Crippen LogP contribution is -2.60. The van der Waals surface area contributed by atoms with Gasteiger partial charge in [0.25, 0.3) is 0 Å². The predicted molar refractivity (Wildman–Crippen MR) is 138 cm³/mol. The minimum atomic E-state index is -4.69. The van der Waals surface area contributed by atoms with E-state index in [1.165, 1.54) is 18.3 Å². The lowest BCUT2D eigenvalue weighted by atomic mass is 9.71. The SMILES string of the molecule is O=[N+]([O-])c1cn2c(n1)OCC(NCc1ccc(N3CCC4(CC3)CN(c3ccc(OC(F)(F)F)cc3)C4)nc1)C2. The number of benzene rings is 1. The number of ether oxygens (including phenoxy) is 2. The minimum Gasteiger partial charge on any atom is -0.444 e. The number of nitrogens with zero attached hydrogens (tertiary/aromatic N) is 6. The number of rotatable bonds is 7. The van der Waals surface area contributed by atoms with Crippen LogP contribution in [0.25, 0.3) is 0 Å². The lowest BCUT2D eigenvalue weighted by molar-refractivity contribution is -0.389. The van der Waals surface area contributed by atoms with Crippen molar-refractivity contribution in [1.82, 2.24) is 19.9 Å². The molecule has 0 radical (unpaired) electrons. The molecule has 11 nitrogen and oxygen atoms in total. The predicted octanol–water partition coefficient (Wildman–Crippen LogP) is 3.74. The highest BCUT2D eigenvalue weighted by Crippen LogP contribution is 2.43. The number of alkyl halides is 3. The van der Waals surface area contributed by atoms with Gasteiger partial charge in [-0.3, -0.25) is 4.57 Å². The van der Waals surface area contributed by atoms with Crippen LogP contribution in [0.15, 0.2) is 48.8 Å². The molecule has 1 aromatic carbocycles. The summed E-state index contributed by atoms with van der Waals surface area (Å²) in [7, 11) is 0. The zero-order valence-corrected chi connectivity index (χ0v) is 21.5. The quantitative estimate of drug-likeness (QED) is 0.342. The number of nitro groups is 1. The van der Waals surface area contributed by atoms with Gasteiger partial charge in [-0.15, -0.1) is 13.2 Å². The summed E-state index contributed by atoms with van der Waals surface area (Å²) in [4.78, 5) is 23.4. The molecule has 0 bridgehead atoms. The van der Waals surface area contributed by atoms with E-state index in [1.807, 2.05) is 18.3 Å². The molecule has 1 N–H and O–H groups in total. The van der Waals surface area contributed by atoms with Crippen molar-refractivity contribution in [2.45, 2.75) is 38.3 Å². The minimum absolute atomic E-state index is 0.00698. The molecule has 1 unspecified atom stereocenters. The highest BCUT2D eigenvalue weighted by Gasteiger charge is 2.45. The number of aromatic nitrogens is 3. The zero-order chi connectivity index (χ0) is 27.9. The van der Waals surface area contributed by atoms with Crippen molar-refractivity contribution in [3.05, 3.63) is 64.5 Å². The number of nitrogens with one attached hydrogen (secondary N) is 1. The molecule has 14 heteroatoms. The van der Waals surface area contributed by atoms with Crippen LogP contribution in [-0.4, -0.2) is 64.6 Å². The molecule has 0 saturated carbocycles. The Labute approximate surface area is 227 Å². The van der Waals surface area contributed by atoms with Crippen molar-refractivity contribution in [2.24, 2.45) is 5.41 Å². The third kappa shape index (κ3) is 5.62. The number of fused-ring (bicyclic) bond motifs is 1. The first-order valence-electron chi connectivity index (χ1n) is 13.0. The Balaban J connectivity index is 0.953. The van der Waals surface area contributed by atoms with Crippen LogP contribution in [0.3, 0.4) is 0 Å². The smallest absolute Gasteiger partial charge is 0.444 e. The highest BCUT2D eigenvalue weighted by molar-refractivity contribution is 5.52. The van der Waals surface area contributed by atoms with Gasteiger partial charge in [-0.1, -0.05) is 6.07 Å². The summed E-state index contributed by atoms with van der Waals surface area (Å²) in [6.45, 7) is 5.08. The Morgan fingerprint density at radius 2 is 1.88 bits per heavy atom. The second-order valence-corrected chi connectivity index (χ2v) is 10.6. The van der Waals surface area contributed by atoms with Gasteiger partial charge >= 0.3 is 18.2 Å². The van der Waals surface area contributed by atoms with Crippen LogP contribution >= 0.6 is 0 Å². The number of anilines is 2. The fraction of sp³-hybridized carbons (Fsp3) is 0.462. The van der Waals surface area contributed by atoms with E-state index in [9.17, 15) is 23.3 Å². The maximum absolute atomic E-state index is 12.4. The molecule has 0 aliphatic carbocycles. The molecule has 1 spiro atoms. The number of imidazole rings is 1. The van der Waals surface area contributed by atoms with Crippen molar-refractivity contribution in [3.8, 4) is 11.8 Å². The standard InChI is InChI=1S/C26H28F3N7O4/c27-26(28,29)40-21-4-2-20(3-5-21)35-16-25(17-35)7-9-33(10-8-25)22-6-1-18(12-31-22)11-30-19-13-34-14-23(36(37)38)32-24(34)39-15-19/h1-6,12,14,19,30H,7-11,13,15-17H2. The van der Waals surface area contributed by atoms with Crippen molar-refractivity contribution in [1.29, 1.82) is 0 Å². The van der Waals surface area contributed by atoms with E-state index in [1.54, 1.807) is 16.7 Å². The second-order valence-electron chi connectivity index (χ2n) is 10.6. The normalized spacial score (nSPS) is 20.0. The van der Waals surface area contributed by atoms with Gasteiger partial charge < -0.3 is 34.7 Å². The van der Waals surface area contributed by atoms with Crippen LogP contribution < -0.4 is 24.6 Å². The summed E-state index contributed by atoms with van der Waals surface area (Å²) in [6.07, 6.45) is 0.617. The molecule has 212 valence electrons. The average Bonchev–Trinajstić information content (AvgIpc) is 3.35. The van der Waals surface area contributed by atoms with E-state index < -0.39 is 11.3 Å². The molecule has 5 heterocycles. The Bertz CT molecular complexity index is 1350. The van der Waals surface area contributed by atoms with Gasteiger partial charge in [0, 0.05) is 61.6 Å². The molecule has 6 rings (SSSR count). The summed E-state index contributed by atoms with van der Waals surface area (Å²) in [5.74, 6) is 0.506. The average molecular weight is 560 g/mol. The van der Waals surface area contributed by atoms with E-state index in [-0.39, 0.29) is 29.0 Å². The molecule has 2 fully saturated rings. The largest absolute Gasteiger partial charge is 0.573 e. The van der Waals surface area contributed by atoms with Crippen molar-refractivity contribution in [3.63, 3.8) is 0 Å². The van der Waals surface area contributed by atoms with Gasteiger partial charge in [-0.05, 0) is 53.7 Å². The van der Waals surface area contributed by atoms with Gasteiger partial charge in [-0.25, -0.2) is 4.98 Å². The second kappa shape index (κ2) is 10.2. The zero-order valence-electron chi connectivity index (χ0n) is 21.5. The Morgan fingerprint density at radius 1 is 1.12 bits per heavy atom. The number of hydrogen-bond acceptors (Lipinski definition) is 9. The highest BCUT2D eigenvalue weighted by atomic mass is 19.4. The molecule has 0 amide bonds. The molecular weight excluding hydrogens is 531 g/mol. The van der Waals surface area contributed by atoms with Crippen LogP contribution in [0.5, 0.6) is 11.8 Å². The maximum Gasteiger partial charge on any atom is 0.573 e. The lowest BCUT2D eigenvalue weighted by Gasteiger charge is -2.55. The van der Waals surface area contributed by atoms with Gasteiger partial charge in [0.2, 0.25) is 0 Å². The molecule has 2 saturated heterocycles. The Hall–Kier alpha value is -4.07. The van der Waals surface area contributed by atoms with Crippen LogP contribution in [0.2, 0.25) is 0 Å². The summed E-state index contributed by atoms with van der Waals surface area (Å²) >= 11 is 0. The fourth-order valence-corrected chi connectivity index (χ4v) is 5.61. The molecule has 3 aliphatic rings. The fourth-order valence-electron chi connectivity index (χ4n) is 5.61. The van der Waals surface area contributed by atoms with E-state index in [0.717, 1.165) is 56.1 Å². The monoisotopic (exact) mass is 559 g/mol. The van der Waals surface area contributed by atoms with Gasteiger partial charge in [-0.2, -0.15) is 0 Å². The topological polar surface area (TPSA) is 111 Å². The van der Waals surface area contributed by atoms with E-state index >= 15 is 0 Å². The number of halogens is 3. The Morgan fingerprint density at radius 3 is 2.52 bits per heavy atom. The first-order valence-corrected chi connectivity index (χ1v) is 13.0. The maximum atomic E-state index is 12.4. The van der Waals surface area contributed by atoms with Gasteiger partial charge in [0.15, 0.2) is 0 Å². The van der Waals surface area contributed by atoms with Crippen molar-refractivity contribution < 1.29 is 27.6 Å². The van der Waals surface area contributed by atoms with Crippen molar-refractivity contribution in [2.75, 3.05) is 42.6 Å².